The number of aromatic nitrogens is 3. The predicted octanol–water partition coefficient (Wildman–Crippen LogP) is 6.89. The van der Waals surface area contributed by atoms with Gasteiger partial charge in [0.25, 0.3) is 5.91 Å². The summed E-state index contributed by atoms with van der Waals surface area (Å²) in [5.41, 5.74) is 6.98. The zero-order valence-electron chi connectivity index (χ0n) is 26.4. The number of hydrogen-bond acceptors (Lipinski definition) is 5. The van der Waals surface area contributed by atoms with E-state index in [1.54, 1.807) is 18.2 Å². The molecule has 3 N–H and O–H groups in total. The van der Waals surface area contributed by atoms with Crippen molar-refractivity contribution in [2.45, 2.75) is 88.6 Å². The van der Waals surface area contributed by atoms with E-state index in [-0.39, 0.29) is 11.8 Å². The number of aryl methyl sites for hydroxylation is 2. The standard InChI is InChI=1S/C37H41N5O4/c1-46-31(43)18-13-24-11-15-27(16-12-24)40-36(45)37(19-5-6-20-37)41-35(44)26-14-17-28-30(22-26)42-21-7-10-29-33(39-23-38-29)34(42)32(28)25-8-3-2-4-9-25/h11-18,22-23,25H,2-10,19-21H2,1H3,(H,38,39)(H,40,45)(H,41,44)/b18-13+. The van der Waals surface area contributed by atoms with Crippen molar-refractivity contribution in [2.75, 3.05) is 12.4 Å². The monoisotopic (exact) mass is 619 g/mol. The minimum absolute atomic E-state index is 0.208. The van der Waals surface area contributed by atoms with Gasteiger partial charge in [0.2, 0.25) is 5.91 Å². The average Bonchev–Trinajstić information content (AvgIpc) is 3.80. The van der Waals surface area contributed by atoms with Crippen molar-refractivity contribution in [2.24, 2.45) is 0 Å². The number of nitrogens with one attached hydrogen (secondary N) is 3. The maximum absolute atomic E-state index is 13.9. The van der Waals surface area contributed by atoms with E-state index in [1.165, 1.54) is 61.9 Å². The van der Waals surface area contributed by atoms with Gasteiger partial charge >= 0.3 is 5.97 Å². The molecule has 0 spiro atoms. The Labute approximate surface area is 268 Å². The lowest BCUT2D eigenvalue weighted by atomic mass is 9.82. The summed E-state index contributed by atoms with van der Waals surface area (Å²) in [4.78, 5) is 47.2. The lowest BCUT2D eigenvalue weighted by Gasteiger charge is -2.29. The number of rotatable bonds is 7. The van der Waals surface area contributed by atoms with Crippen molar-refractivity contribution < 1.29 is 19.1 Å². The summed E-state index contributed by atoms with van der Waals surface area (Å²) >= 11 is 0. The molecule has 2 aliphatic carbocycles. The Kier molecular flexibility index (Phi) is 8.23. The first-order chi connectivity index (χ1) is 22.5. The van der Waals surface area contributed by atoms with Crippen LogP contribution in [0, 0.1) is 0 Å². The number of methoxy groups -OCH3 is 1. The van der Waals surface area contributed by atoms with Crippen LogP contribution in [0.5, 0.6) is 0 Å². The van der Waals surface area contributed by atoms with Crippen LogP contribution < -0.4 is 10.6 Å². The smallest absolute Gasteiger partial charge is 0.330 e. The van der Waals surface area contributed by atoms with Crippen LogP contribution in [0.4, 0.5) is 5.69 Å². The van der Waals surface area contributed by atoms with Crippen molar-refractivity contribution in [3.05, 3.63) is 77.3 Å². The van der Waals surface area contributed by atoms with Crippen molar-refractivity contribution in [1.82, 2.24) is 19.9 Å². The molecule has 0 saturated heterocycles. The molecule has 2 aromatic heterocycles. The van der Waals surface area contributed by atoms with E-state index in [2.05, 4.69) is 36.0 Å². The van der Waals surface area contributed by atoms with E-state index in [0.29, 0.717) is 30.0 Å². The lowest BCUT2D eigenvalue weighted by molar-refractivity contribution is -0.134. The van der Waals surface area contributed by atoms with Gasteiger partial charge in [-0.05, 0) is 85.9 Å². The number of imidazole rings is 1. The third-order valence-corrected chi connectivity index (χ3v) is 10.2. The van der Waals surface area contributed by atoms with E-state index in [4.69, 9.17) is 0 Å². The molecule has 0 atom stereocenters. The fourth-order valence-electron chi connectivity index (χ4n) is 7.78. The van der Waals surface area contributed by atoms with E-state index >= 15 is 0 Å². The Hall–Kier alpha value is -4.66. The number of anilines is 1. The SMILES string of the molecule is COC(=O)/C=C/c1ccc(NC(=O)C2(NC(=O)c3ccc4c(C5CCCCC5)c5n(c4c3)CCCc3nc[nH]c3-5)CCCC2)cc1. The molecule has 2 amide bonds. The average molecular weight is 620 g/mol. The lowest BCUT2D eigenvalue weighted by Crippen LogP contribution is -2.55. The van der Waals surface area contributed by atoms with Gasteiger partial charge in [-0.25, -0.2) is 9.78 Å². The molecule has 4 aromatic rings. The van der Waals surface area contributed by atoms with Crippen molar-refractivity contribution in [1.29, 1.82) is 0 Å². The second kappa shape index (κ2) is 12.6. The molecular formula is C37H41N5O4. The molecule has 2 aromatic carbocycles. The number of benzene rings is 2. The number of H-pyrrole nitrogens is 1. The molecule has 0 radical (unpaired) electrons. The molecule has 46 heavy (non-hydrogen) atoms. The van der Waals surface area contributed by atoms with E-state index in [1.807, 2.05) is 30.6 Å². The minimum Gasteiger partial charge on any atom is -0.466 e. The molecule has 0 bridgehead atoms. The first-order valence-corrected chi connectivity index (χ1v) is 16.6. The number of hydrogen-bond donors (Lipinski definition) is 3. The summed E-state index contributed by atoms with van der Waals surface area (Å²) in [6.45, 7) is 0.872. The van der Waals surface area contributed by atoms with Gasteiger partial charge in [0, 0.05) is 34.8 Å². The third kappa shape index (κ3) is 5.63. The van der Waals surface area contributed by atoms with Crippen molar-refractivity contribution in [3.63, 3.8) is 0 Å². The molecule has 238 valence electrons. The molecule has 3 aliphatic rings. The summed E-state index contributed by atoms with van der Waals surface area (Å²) in [5, 5.41) is 7.43. The molecule has 1 aliphatic heterocycles. The van der Waals surface area contributed by atoms with E-state index < -0.39 is 11.5 Å². The van der Waals surface area contributed by atoms with Crippen molar-refractivity contribution >= 4 is 40.4 Å². The highest BCUT2D eigenvalue weighted by atomic mass is 16.5. The second-order valence-electron chi connectivity index (χ2n) is 13.0. The molecule has 9 nitrogen and oxygen atoms in total. The van der Waals surface area contributed by atoms with Gasteiger partial charge in [0.15, 0.2) is 0 Å². The Morgan fingerprint density at radius 3 is 2.54 bits per heavy atom. The Morgan fingerprint density at radius 1 is 1.00 bits per heavy atom. The van der Waals surface area contributed by atoms with Crippen LogP contribution in [0.15, 0.2) is 54.9 Å². The Balaban J connectivity index is 1.16. The van der Waals surface area contributed by atoms with Gasteiger partial charge in [-0.2, -0.15) is 0 Å². The van der Waals surface area contributed by atoms with Gasteiger partial charge in [-0.15, -0.1) is 0 Å². The first-order valence-electron chi connectivity index (χ1n) is 16.6. The maximum atomic E-state index is 13.9. The first kappa shape index (κ1) is 30.0. The fraction of sp³-hybridized carbons (Fsp3) is 0.405. The highest BCUT2D eigenvalue weighted by Gasteiger charge is 2.43. The summed E-state index contributed by atoms with van der Waals surface area (Å²) in [7, 11) is 1.33. The Morgan fingerprint density at radius 2 is 1.78 bits per heavy atom. The van der Waals surface area contributed by atoms with Crippen LogP contribution >= 0.6 is 0 Å². The maximum Gasteiger partial charge on any atom is 0.330 e. The highest BCUT2D eigenvalue weighted by Crippen LogP contribution is 2.45. The van der Waals surface area contributed by atoms with E-state index in [9.17, 15) is 14.4 Å². The van der Waals surface area contributed by atoms with Crippen LogP contribution in [-0.4, -0.2) is 45.0 Å². The number of aromatic amines is 1. The number of esters is 1. The Bertz CT molecular complexity index is 1800. The number of carbonyl (C=O) groups excluding carboxylic acids is 3. The zero-order valence-corrected chi connectivity index (χ0v) is 26.4. The summed E-state index contributed by atoms with van der Waals surface area (Å²) in [5.74, 6) is -0.378. The number of fused-ring (bicyclic) bond motifs is 5. The molecule has 2 fully saturated rings. The zero-order chi connectivity index (χ0) is 31.7. The number of carbonyl (C=O) groups is 3. The van der Waals surface area contributed by atoms with Gasteiger partial charge in [0.1, 0.15) is 5.54 Å². The fourth-order valence-corrected chi connectivity index (χ4v) is 7.78. The number of amides is 2. The van der Waals surface area contributed by atoms with Crippen LogP contribution in [0.2, 0.25) is 0 Å². The topological polar surface area (TPSA) is 118 Å². The second-order valence-corrected chi connectivity index (χ2v) is 13.0. The highest BCUT2D eigenvalue weighted by molar-refractivity contribution is 6.06. The summed E-state index contributed by atoms with van der Waals surface area (Å²) in [6, 6.07) is 13.3. The van der Waals surface area contributed by atoms with Crippen molar-refractivity contribution in [3.8, 4) is 11.4 Å². The van der Waals surface area contributed by atoms with Gasteiger partial charge in [-0.3, -0.25) is 9.59 Å². The van der Waals surface area contributed by atoms with Crippen LogP contribution in [0.25, 0.3) is 28.4 Å². The number of nitrogens with zero attached hydrogens (tertiary/aromatic N) is 2. The molecule has 9 heteroatoms. The quantitative estimate of drug-likeness (QED) is 0.154. The van der Waals surface area contributed by atoms with Crippen LogP contribution in [0.3, 0.4) is 0 Å². The van der Waals surface area contributed by atoms with E-state index in [0.717, 1.165) is 54.7 Å². The normalized spacial score (nSPS) is 17.8. The minimum atomic E-state index is -0.982. The molecule has 2 saturated carbocycles. The summed E-state index contributed by atoms with van der Waals surface area (Å²) < 4.78 is 7.05. The molecular weight excluding hydrogens is 578 g/mol. The van der Waals surface area contributed by atoms with Gasteiger partial charge in [0.05, 0.1) is 30.5 Å². The molecule has 3 heterocycles. The summed E-state index contributed by atoms with van der Waals surface area (Å²) in [6.07, 6.45) is 15.8. The van der Waals surface area contributed by atoms with Crippen LogP contribution in [0.1, 0.15) is 97.3 Å². The largest absolute Gasteiger partial charge is 0.466 e. The molecule has 0 unspecified atom stereocenters. The van der Waals surface area contributed by atoms with Crippen LogP contribution in [-0.2, 0) is 27.3 Å². The number of ether oxygens (including phenoxy) is 1. The van der Waals surface area contributed by atoms with Gasteiger partial charge in [-0.1, -0.05) is 50.3 Å². The predicted molar refractivity (Wildman–Crippen MR) is 178 cm³/mol. The van der Waals surface area contributed by atoms with Gasteiger partial charge < -0.3 is 24.9 Å². The molecule has 7 rings (SSSR count). The third-order valence-electron chi connectivity index (χ3n) is 10.2.